The van der Waals surface area contributed by atoms with E-state index >= 15 is 0 Å². The highest BCUT2D eigenvalue weighted by Gasteiger charge is 2.50. The van der Waals surface area contributed by atoms with Gasteiger partial charge >= 0.3 is 11.8 Å². The van der Waals surface area contributed by atoms with Crippen molar-refractivity contribution < 1.29 is 14.5 Å². The molecule has 1 unspecified atom stereocenters. The van der Waals surface area contributed by atoms with Gasteiger partial charge in [-0.15, -0.1) is 0 Å². The van der Waals surface area contributed by atoms with E-state index in [9.17, 15) is 14.9 Å². The number of nitro groups is 1. The van der Waals surface area contributed by atoms with Crippen molar-refractivity contribution in [3.63, 3.8) is 0 Å². The fourth-order valence-corrected chi connectivity index (χ4v) is 4.55. The number of cyclic esters (lactones) is 1. The van der Waals surface area contributed by atoms with Crippen molar-refractivity contribution in [3.8, 4) is 6.07 Å². The highest BCUT2D eigenvalue weighted by Crippen LogP contribution is 2.44. The van der Waals surface area contributed by atoms with Crippen molar-refractivity contribution in [2.24, 2.45) is 0 Å². The van der Waals surface area contributed by atoms with Gasteiger partial charge in [0.05, 0.1) is 11.0 Å². The van der Waals surface area contributed by atoms with Crippen LogP contribution in [0.25, 0.3) is 0 Å². The quantitative estimate of drug-likeness (QED) is 0.393. The Kier molecular flexibility index (Phi) is 6.98. The summed E-state index contributed by atoms with van der Waals surface area (Å²) in [5, 5.41) is 18.9. The van der Waals surface area contributed by atoms with Gasteiger partial charge in [0.25, 0.3) is 0 Å². The van der Waals surface area contributed by atoms with E-state index < -0.39 is 10.5 Å². The summed E-state index contributed by atoms with van der Waals surface area (Å²) < 4.78 is 5.67. The van der Waals surface area contributed by atoms with E-state index in [1.807, 2.05) is 36.9 Å². The SMILES string of the molecule is CC1(C)OC(=O)N(C2CCCCC2)C1c1ccccc1.N#Cc1cccc(N)c1[N+](=O)[O-]. The van der Waals surface area contributed by atoms with Crippen LogP contribution in [-0.2, 0) is 4.74 Å². The zero-order valence-corrected chi connectivity index (χ0v) is 18.4. The first-order chi connectivity index (χ1) is 15.3. The van der Waals surface area contributed by atoms with Crippen LogP contribution >= 0.6 is 0 Å². The largest absolute Gasteiger partial charge is 0.441 e. The predicted molar refractivity (Wildman–Crippen MR) is 121 cm³/mol. The van der Waals surface area contributed by atoms with Gasteiger partial charge in [0.1, 0.15) is 22.9 Å². The molecular formula is C24H28N4O4. The summed E-state index contributed by atoms with van der Waals surface area (Å²) in [4.78, 5) is 24.1. The number of hydrogen-bond acceptors (Lipinski definition) is 6. The topological polar surface area (TPSA) is 122 Å². The second-order valence-electron chi connectivity index (χ2n) is 8.60. The highest BCUT2D eigenvalue weighted by atomic mass is 16.6. The minimum Gasteiger partial charge on any atom is -0.441 e. The number of benzene rings is 2. The molecule has 2 aromatic rings. The number of nitriles is 1. The Morgan fingerprint density at radius 3 is 2.34 bits per heavy atom. The van der Waals surface area contributed by atoms with E-state index in [0.29, 0.717) is 6.04 Å². The van der Waals surface area contributed by atoms with Gasteiger partial charge in [-0.3, -0.25) is 15.0 Å². The van der Waals surface area contributed by atoms with E-state index in [4.69, 9.17) is 15.7 Å². The van der Waals surface area contributed by atoms with Crippen LogP contribution in [0.2, 0.25) is 0 Å². The third kappa shape index (κ3) is 4.83. The first kappa shape index (κ1) is 23.1. The third-order valence-corrected chi connectivity index (χ3v) is 5.95. The molecule has 4 rings (SSSR count). The molecule has 0 bridgehead atoms. The van der Waals surface area contributed by atoms with Crippen LogP contribution in [-0.4, -0.2) is 27.6 Å². The lowest BCUT2D eigenvalue weighted by Gasteiger charge is -2.36. The number of nitrogens with zero attached hydrogens (tertiary/aromatic N) is 3. The lowest BCUT2D eigenvalue weighted by molar-refractivity contribution is -0.384. The van der Waals surface area contributed by atoms with Crippen LogP contribution in [0.3, 0.4) is 0 Å². The lowest BCUT2D eigenvalue weighted by atomic mass is 9.87. The third-order valence-electron chi connectivity index (χ3n) is 5.95. The van der Waals surface area contributed by atoms with Gasteiger partial charge in [-0.25, -0.2) is 4.79 Å². The molecule has 1 aliphatic heterocycles. The van der Waals surface area contributed by atoms with Crippen LogP contribution in [0.5, 0.6) is 0 Å². The van der Waals surface area contributed by atoms with Crippen molar-refractivity contribution >= 4 is 17.5 Å². The van der Waals surface area contributed by atoms with Crippen LogP contribution in [0.1, 0.15) is 63.1 Å². The number of ether oxygens (including phenoxy) is 1. The molecule has 168 valence electrons. The summed E-state index contributed by atoms with van der Waals surface area (Å²) in [5.41, 5.74) is 5.70. The van der Waals surface area contributed by atoms with Crippen molar-refractivity contribution in [3.05, 3.63) is 69.8 Å². The number of anilines is 1. The fraction of sp³-hybridized carbons (Fsp3) is 0.417. The molecule has 1 heterocycles. The summed E-state index contributed by atoms with van der Waals surface area (Å²) in [6.07, 6.45) is 5.80. The van der Waals surface area contributed by atoms with Crippen LogP contribution < -0.4 is 5.73 Å². The smallest absolute Gasteiger partial charge is 0.411 e. The Morgan fingerprint density at radius 2 is 1.78 bits per heavy atom. The zero-order chi connectivity index (χ0) is 23.3. The molecule has 2 N–H and O–H groups in total. The monoisotopic (exact) mass is 436 g/mol. The molecule has 2 aromatic carbocycles. The molecule has 0 spiro atoms. The summed E-state index contributed by atoms with van der Waals surface area (Å²) in [6.45, 7) is 4.04. The van der Waals surface area contributed by atoms with Gasteiger partial charge in [0.2, 0.25) is 0 Å². The summed E-state index contributed by atoms with van der Waals surface area (Å²) in [6, 6.07) is 16.6. The second kappa shape index (κ2) is 9.69. The zero-order valence-electron chi connectivity index (χ0n) is 18.4. The van der Waals surface area contributed by atoms with E-state index in [1.165, 1.54) is 43.0 Å². The maximum atomic E-state index is 12.4. The number of nitrogens with two attached hydrogens (primary N) is 1. The Balaban J connectivity index is 0.000000207. The van der Waals surface area contributed by atoms with Gasteiger partial charge in [-0.1, -0.05) is 55.7 Å². The first-order valence-electron chi connectivity index (χ1n) is 10.8. The molecule has 1 amide bonds. The average Bonchev–Trinajstić information content (AvgIpc) is 3.02. The molecule has 1 atom stereocenters. The van der Waals surface area contributed by atoms with Crippen LogP contribution in [0.15, 0.2) is 48.5 Å². The molecule has 32 heavy (non-hydrogen) atoms. The van der Waals surface area contributed by atoms with Crippen molar-refractivity contribution in [2.45, 2.75) is 63.6 Å². The normalized spacial score (nSPS) is 20.0. The molecule has 1 saturated heterocycles. The highest BCUT2D eigenvalue weighted by molar-refractivity contribution is 5.72. The summed E-state index contributed by atoms with van der Waals surface area (Å²) >= 11 is 0. The molecule has 0 aromatic heterocycles. The average molecular weight is 437 g/mol. The molecule has 2 aliphatic rings. The molecule has 1 saturated carbocycles. The standard InChI is InChI=1S/C17H23NO2.C7H5N3O2/c1-17(2)15(13-9-5-3-6-10-13)18(16(19)20-17)14-11-7-4-8-12-14;8-4-5-2-1-3-6(9)7(5)10(11)12/h3,5-6,9-10,14-15H,4,7-8,11-12H2,1-2H3;1-3H,9H2. The molecular weight excluding hydrogens is 408 g/mol. The number of rotatable bonds is 3. The van der Waals surface area contributed by atoms with Gasteiger partial charge < -0.3 is 10.5 Å². The van der Waals surface area contributed by atoms with E-state index in [1.54, 1.807) is 6.07 Å². The number of carbonyl (C=O) groups excluding carboxylic acids is 1. The van der Waals surface area contributed by atoms with Gasteiger partial charge in [0, 0.05) is 6.04 Å². The Bertz CT molecular complexity index is 1010. The van der Waals surface area contributed by atoms with Crippen LogP contribution in [0.4, 0.5) is 16.2 Å². The minimum atomic E-state index is -0.659. The maximum Gasteiger partial charge on any atom is 0.411 e. The summed E-state index contributed by atoms with van der Waals surface area (Å²) in [5.74, 6) is 0. The molecule has 1 aliphatic carbocycles. The van der Waals surface area contributed by atoms with Crippen molar-refractivity contribution in [1.82, 2.24) is 4.90 Å². The Labute approximate surface area is 187 Å². The van der Waals surface area contributed by atoms with Gasteiger partial charge in [-0.2, -0.15) is 5.26 Å². The lowest BCUT2D eigenvalue weighted by Crippen LogP contribution is -2.41. The van der Waals surface area contributed by atoms with E-state index in [0.717, 1.165) is 12.8 Å². The van der Waals surface area contributed by atoms with E-state index in [2.05, 4.69) is 12.1 Å². The predicted octanol–water partition coefficient (Wildman–Crippen LogP) is 5.34. The fourth-order valence-electron chi connectivity index (χ4n) is 4.55. The Hall–Kier alpha value is -3.60. The van der Waals surface area contributed by atoms with Gasteiger partial charge in [0.15, 0.2) is 0 Å². The Morgan fingerprint density at radius 1 is 1.12 bits per heavy atom. The van der Waals surface area contributed by atoms with Crippen molar-refractivity contribution in [2.75, 3.05) is 5.73 Å². The molecule has 8 nitrogen and oxygen atoms in total. The minimum absolute atomic E-state index is 0.0130. The molecule has 8 heteroatoms. The molecule has 2 fully saturated rings. The number of nitro benzene ring substituents is 1. The van der Waals surface area contributed by atoms with Gasteiger partial charge in [-0.05, 0) is 44.4 Å². The number of amides is 1. The van der Waals surface area contributed by atoms with Crippen LogP contribution in [0, 0.1) is 21.4 Å². The second-order valence-corrected chi connectivity index (χ2v) is 8.60. The van der Waals surface area contributed by atoms with Crippen molar-refractivity contribution in [1.29, 1.82) is 5.26 Å². The number of para-hydroxylation sites is 1. The number of nitrogen functional groups attached to an aromatic ring is 1. The summed E-state index contributed by atoms with van der Waals surface area (Å²) in [7, 11) is 0. The first-order valence-corrected chi connectivity index (χ1v) is 10.8. The van der Waals surface area contributed by atoms with E-state index in [-0.39, 0.29) is 29.1 Å². The molecule has 0 radical (unpaired) electrons. The number of hydrogen-bond donors (Lipinski definition) is 1. The maximum absolute atomic E-state index is 12.4. The number of carbonyl (C=O) groups is 1.